The van der Waals surface area contributed by atoms with Gasteiger partial charge in [0, 0.05) is 19.1 Å². The minimum Gasteiger partial charge on any atom is -0.497 e. The van der Waals surface area contributed by atoms with Crippen LogP contribution in [-0.4, -0.2) is 61.2 Å². The summed E-state index contributed by atoms with van der Waals surface area (Å²) in [6.07, 6.45) is 6.05. The number of hydrogen-bond donors (Lipinski definition) is 1. The summed E-state index contributed by atoms with van der Waals surface area (Å²) in [5.74, 6) is 0.472. The van der Waals surface area contributed by atoms with Crippen molar-refractivity contribution in [3.05, 3.63) is 29.8 Å². The van der Waals surface area contributed by atoms with Gasteiger partial charge in [0.05, 0.1) is 7.11 Å². The molecule has 1 aromatic rings. The third-order valence-corrected chi connectivity index (χ3v) is 6.53. The standard InChI is InChI=1S/C21H32N2O3/c1-22(2)17-7-9-21(10-8-17)11-13-23(14-12-21)20(25)19(24)16-5-4-6-18(15-16)26-3/h4-6,15,17,19,24H,7-14H2,1-3H3. The Morgan fingerprint density at radius 1 is 1.23 bits per heavy atom. The summed E-state index contributed by atoms with van der Waals surface area (Å²) in [7, 11) is 5.93. The van der Waals surface area contributed by atoms with Crippen molar-refractivity contribution in [2.24, 2.45) is 5.41 Å². The van der Waals surface area contributed by atoms with Gasteiger partial charge in [0.2, 0.25) is 0 Å². The first-order valence-electron chi connectivity index (χ1n) is 9.71. The van der Waals surface area contributed by atoms with E-state index in [1.165, 1.54) is 25.7 Å². The second kappa shape index (κ2) is 7.97. The van der Waals surface area contributed by atoms with Gasteiger partial charge >= 0.3 is 0 Å². The van der Waals surface area contributed by atoms with E-state index >= 15 is 0 Å². The normalized spacial score (nSPS) is 21.8. The molecule has 5 heteroatoms. The lowest BCUT2D eigenvalue weighted by molar-refractivity contribution is -0.143. The van der Waals surface area contributed by atoms with Gasteiger partial charge in [0.1, 0.15) is 5.75 Å². The van der Waals surface area contributed by atoms with Crippen molar-refractivity contribution in [3.8, 4) is 5.75 Å². The number of benzene rings is 1. The molecule has 1 atom stereocenters. The topological polar surface area (TPSA) is 53.0 Å². The number of aliphatic hydroxyl groups excluding tert-OH is 1. The number of likely N-dealkylation sites (tertiary alicyclic amines) is 1. The second-order valence-corrected chi connectivity index (χ2v) is 8.20. The van der Waals surface area contributed by atoms with Crippen LogP contribution in [0.5, 0.6) is 5.75 Å². The van der Waals surface area contributed by atoms with Crippen LogP contribution in [0.4, 0.5) is 0 Å². The van der Waals surface area contributed by atoms with Crippen molar-refractivity contribution in [1.29, 1.82) is 0 Å². The molecule has 2 fully saturated rings. The fourth-order valence-corrected chi connectivity index (χ4v) is 4.56. The molecule has 0 aromatic heterocycles. The summed E-state index contributed by atoms with van der Waals surface area (Å²) in [5.41, 5.74) is 1.01. The average molecular weight is 360 g/mol. The monoisotopic (exact) mass is 360 g/mol. The maximum atomic E-state index is 12.7. The summed E-state index contributed by atoms with van der Waals surface area (Å²) in [5, 5.41) is 10.5. The predicted molar refractivity (Wildman–Crippen MR) is 102 cm³/mol. The molecule has 1 saturated heterocycles. The molecule has 1 unspecified atom stereocenters. The van der Waals surface area contributed by atoms with Gasteiger partial charge in [0.25, 0.3) is 5.91 Å². The van der Waals surface area contributed by atoms with Crippen molar-refractivity contribution < 1.29 is 14.6 Å². The van der Waals surface area contributed by atoms with Gasteiger partial charge in [-0.25, -0.2) is 0 Å². The molecule has 0 bridgehead atoms. The number of rotatable bonds is 4. The van der Waals surface area contributed by atoms with Gasteiger partial charge in [-0.1, -0.05) is 12.1 Å². The Bertz CT molecular complexity index is 613. The largest absolute Gasteiger partial charge is 0.497 e. The Balaban J connectivity index is 1.56. The molecule has 1 heterocycles. The Kier molecular flexibility index (Phi) is 5.88. The maximum Gasteiger partial charge on any atom is 0.256 e. The number of nitrogens with zero attached hydrogens (tertiary/aromatic N) is 2. The number of amides is 1. The van der Waals surface area contributed by atoms with E-state index in [9.17, 15) is 9.90 Å². The summed E-state index contributed by atoms with van der Waals surface area (Å²) in [6.45, 7) is 1.51. The van der Waals surface area contributed by atoms with Crippen molar-refractivity contribution in [2.45, 2.75) is 50.7 Å². The number of methoxy groups -OCH3 is 1. The number of hydrogen-bond acceptors (Lipinski definition) is 4. The van der Waals surface area contributed by atoms with E-state index in [1.54, 1.807) is 25.3 Å². The molecule has 1 amide bonds. The van der Waals surface area contributed by atoms with E-state index in [0.717, 1.165) is 25.9 Å². The van der Waals surface area contributed by atoms with Crippen LogP contribution >= 0.6 is 0 Å². The average Bonchev–Trinajstić information content (AvgIpc) is 2.68. The molecule has 1 aliphatic heterocycles. The number of aliphatic hydroxyl groups is 1. The van der Waals surface area contributed by atoms with Crippen LogP contribution in [0.1, 0.15) is 50.2 Å². The van der Waals surface area contributed by atoms with E-state index in [0.29, 0.717) is 22.8 Å². The summed E-state index contributed by atoms with van der Waals surface area (Å²) < 4.78 is 5.19. The highest BCUT2D eigenvalue weighted by Gasteiger charge is 2.40. The van der Waals surface area contributed by atoms with E-state index < -0.39 is 6.10 Å². The molecule has 1 spiro atoms. The maximum absolute atomic E-state index is 12.7. The zero-order valence-electron chi connectivity index (χ0n) is 16.3. The predicted octanol–water partition coefficient (Wildman–Crippen LogP) is 2.84. The summed E-state index contributed by atoms with van der Waals surface area (Å²) in [4.78, 5) is 16.9. The van der Waals surface area contributed by atoms with E-state index in [4.69, 9.17) is 4.74 Å². The van der Waals surface area contributed by atoms with Crippen molar-refractivity contribution in [2.75, 3.05) is 34.3 Å². The summed E-state index contributed by atoms with van der Waals surface area (Å²) >= 11 is 0. The third-order valence-electron chi connectivity index (χ3n) is 6.53. The number of ether oxygens (including phenoxy) is 1. The highest BCUT2D eigenvalue weighted by Crippen LogP contribution is 2.45. The molecule has 1 aliphatic carbocycles. The molecule has 3 rings (SSSR count). The van der Waals surface area contributed by atoms with Gasteiger partial charge in [0.15, 0.2) is 6.10 Å². The van der Waals surface area contributed by atoms with Crippen molar-refractivity contribution >= 4 is 5.91 Å². The van der Waals surface area contributed by atoms with Crippen LogP contribution < -0.4 is 4.74 Å². The SMILES string of the molecule is COc1cccc(C(O)C(=O)N2CCC3(CCC(N(C)C)CC3)CC2)c1. The van der Waals surface area contributed by atoms with E-state index in [-0.39, 0.29) is 5.91 Å². The number of piperidine rings is 1. The highest BCUT2D eigenvalue weighted by atomic mass is 16.5. The zero-order valence-corrected chi connectivity index (χ0v) is 16.3. The van der Waals surface area contributed by atoms with Crippen LogP contribution in [0.15, 0.2) is 24.3 Å². The highest BCUT2D eigenvalue weighted by molar-refractivity contribution is 5.82. The Morgan fingerprint density at radius 2 is 1.88 bits per heavy atom. The molecular formula is C21H32N2O3. The molecule has 1 N–H and O–H groups in total. The van der Waals surface area contributed by atoms with Crippen LogP contribution in [0.2, 0.25) is 0 Å². The van der Waals surface area contributed by atoms with Gasteiger partial charge in [-0.3, -0.25) is 4.79 Å². The van der Waals surface area contributed by atoms with Crippen LogP contribution in [0, 0.1) is 5.41 Å². The van der Waals surface area contributed by atoms with Crippen LogP contribution in [0.25, 0.3) is 0 Å². The first kappa shape index (κ1) is 19.2. The smallest absolute Gasteiger partial charge is 0.256 e. The molecular weight excluding hydrogens is 328 g/mol. The Hall–Kier alpha value is -1.59. The lowest BCUT2D eigenvalue weighted by atomic mass is 9.66. The van der Waals surface area contributed by atoms with Crippen molar-refractivity contribution in [3.63, 3.8) is 0 Å². The number of carbonyl (C=O) groups is 1. The minimum absolute atomic E-state index is 0.185. The molecule has 26 heavy (non-hydrogen) atoms. The molecule has 5 nitrogen and oxygen atoms in total. The molecule has 1 saturated carbocycles. The van der Waals surface area contributed by atoms with Crippen molar-refractivity contribution in [1.82, 2.24) is 9.80 Å². The van der Waals surface area contributed by atoms with E-state index in [1.807, 2.05) is 11.0 Å². The zero-order chi connectivity index (χ0) is 18.7. The first-order valence-corrected chi connectivity index (χ1v) is 9.71. The second-order valence-electron chi connectivity index (χ2n) is 8.20. The van der Waals surface area contributed by atoms with E-state index in [2.05, 4.69) is 19.0 Å². The number of carbonyl (C=O) groups excluding carboxylic acids is 1. The quantitative estimate of drug-likeness (QED) is 0.897. The Morgan fingerprint density at radius 3 is 2.46 bits per heavy atom. The molecule has 144 valence electrons. The van der Waals surface area contributed by atoms with Gasteiger partial charge in [-0.2, -0.15) is 0 Å². The van der Waals surface area contributed by atoms with Crippen LogP contribution in [-0.2, 0) is 4.79 Å². The fourth-order valence-electron chi connectivity index (χ4n) is 4.56. The lowest BCUT2D eigenvalue weighted by Crippen LogP contribution is -2.47. The van der Waals surface area contributed by atoms with Gasteiger partial charge < -0.3 is 19.6 Å². The van der Waals surface area contributed by atoms with Gasteiger partial charge in [-0.05, 0) is 75.7 Å². The Labute approximate surface area is 156 Å². The summed E-state index contributed by atoms with van der Waals surface area (Å²) in [6, 6.07) is 7.83. The van der Waals surface area contributed by atoms with Gasteiger partial charge in [-0.15, -0.1) is 0 Å². The molecule has 0 radical (unpaired) electrons. The molecule has 2 aliphatic rings. The molecule has 1 aromatic carbocycles. The third kappa shape index (κ3) is 4.04. The van der Waals surface area contributed by atoms with Crippen LogP contribution in [0.3, 0.4) is 0 Å². The lowest BCUT2D eigenvalue weighted by Gasteiger charge is -2.47. The fraction of sp³-hybridized carbons (Fsp3) is 0.667. The first-order chi connectivity index (χ1) is 12.4. The minimum atomic E-state index is -1.11.